The second-order valence-corrected chi connectivity index (χ2v) is 6.78. The van der Waals surface area contributed by atoms with Gasteiger partial charge in [-0.3, -0.25) is 4.98 Å². The number of pyridine rings is 1. The van der Waals surface area contributed by atoms with E-state index < -0.39 is 0 Å². The van der Waals surface area contributed by atoms with Gasteiger partial charge in [-0.15, -0.1) is 0 Å². The van der Waals surface area contributed by atoms with E-state index in [2.05, 4.69) is 47.1 Å². The largest absolute Gasteiger partial charge is 0.310 e. The fraction of sp³-hybridized carbons (Fsp3) is 0.643. The molecule has 1 saturated heterocycles. The molecule has 19 heavy (non-hydrogen) atoms. The van der Waals surface area contributed by atoms with Gasteiger partial charge < -0.3 is 10.2 Å². The fourth-order valence-corrected chi connectivity index (χ4v) is 3.50. The molecule has 0 bridgehead atoms. The SMILES string of the molecule is Brc1cnc(CNCCN2CCCCCC2)c(Br)c1. The summed E-state index contributed by atoms with van der Waals surface area (Å²) in [4.78, 5) is 6.98. The van der Waals surface area contributed by atoms with Crippen LogP contribution in [-0.2, 0) is 6.54 Å². The Morgan fingerprint density at radius 2 is 1.89 bits per heavy atom. The maximum atomic E-state index is 4.41. The van der Waals surface area contributed by atoms with Gasteiger partial charge >= 0.3 is 0 Å². The predicted octanol–water partition coefficient (Wildman–Crippen LogP) is 3.57. The number of rotatable bonds is 5. The van der Waals surface area contributed by atoms with E-state index in [1.165, 1.54) is 38.8 Å². The molecule has 1 aliphatic rings. The Kier molecular flexibility index (Phi) is 6.77. The lowest BCUT2D eigenvalue weighted by Gasteiger charge is -2.19. The highest BCUT2D eigenvalue weighted by Crippen LogP contribution is 2.19. The van der Waals surface area contributed by atoms with Gasteiger partial charge in [0.25, 0.3) is 0 Å². The van der Waals surface area contributed by atoms with E-state index in [-0.39, 0.29) is 0 Å². The topological polar surface area (TPSA) is 28.2 Å². The molecular formula is C14H21Br2N3. The number of halogens is 2. The van der Waals surface area contributed by atoms with Crippen LogP contribution in [0.2, 0.25) is 0 Å². The fourth-order valence-electron chi connectivity index (χ4n) is 2.38. The number of hydrogen-bond acceptors (Lipinski definition) is 3. The average Bonchev–Trinajstić information content (AvgIpc) is 2.65. The highest BCUT2D eigenvalue weighted by molar-refractivity contribution is 9.11. The summed E-state index contributed by atoms with van der Waals surface area (Å²) in [5.74, 6) is 0. The smallest absolute Gasteiger partial charge is 0.0684 e. The molecule has 3 nitrogen and oxygen atoms in total. The maximum Gasteiger partial charge on any atom is 0.0684 e. The van der Waals surface area contributed by atoms with Gasteiger partial charge in [0, 0.05) is 34.8 Å². The molecule has 1 aromatic heterocycles. The highest BCUT2D eigenvalue weighted by Gasteiger charge is 2.08. The van der Waals surface area contributed by atoms with Gasteiger partial charge in [-0.1, -0.05) is 12.8 Å². The molecule has 0 saturated carbocycles. The number of nitrogens with zero attached hydrogens (tertiary/aromatic N) is 2. The van der Waals surface area contributed by atoms with Gasteiger partial charge in [0.2, 0.25) is 0 Å². The van der Waals surface area contributed by atoms with Gasteiger partial charge in [-0.25, -0.2) is 0 Å². The number of hydrogen-bond donors (Lipinski definition) is 1. The standard InChI is InChI=1S/C14H21Br2N3/c15-12-9-13(16)14(18-10-12)11-17-5-8-19-6-3-1-2-4-7-19/h9-10,17H,1-8,11H2. The van der Waals surface area contributed by atoms with Crippen LogP contribution in [0.15, 0.2) is 21.2 Å². The summed E-state index contributed by atoms with van der Waals surface area (Å²) in [7, 11) is 0. The monoisotopic (exact) mass is 389 g/mol. The number of aromatic nitrogens is 1. The van der Waals surface area contributed by atoms with Crippen LogP contribution in [0.5, 0.6) is 0 Å². The van der Waals surface area contributed by atoms with Crippen molar-refractivity contribution in [3.05, 3.63) is 26.9 Å². The van der Waals surface area contributed by atoms with E-state index in [0.29, 0.717) is 0 Å². The molecule has 0 aromatic carbocycles. The second-order valence-electron chi connectivity index (χ2n) is 5.01. The van der Waals surface area contributed by atoms with Crippen molar-refractivity contribution in [3.8, 4) is 0 Å². The zero-order valence-corrected chi connectivity index (χ0v) is 14.3. The predicted molar refractivity (Wildman–Crippen MR) is 86.3 cm³/mol. The first kappa shape index (κ1) is 15.4. The molecule has 0 radical (unpaired) electrons. The zero-order chi connectivity index (χ0) is 13.5. The third-order valence-corrected chi connectivity index (χ3v) is 4.60. The molecule has 0 unspecified atom stereocenters. The summed E-state index contributed by atoms with van der Waals surface area (Å²) in [6.45, 7) is 5.53. The first-order valence-electron chi connectivity index (χ1n) is 6.99. The van der Waals surface area contributed by atoms with Crippen molar-refractivity contribution in [2.24, 2.45) is 0 Å². The molecule has 2 heterocycles. The normalized spacial score (nSPS) is 17.4. The second kappa shape index (κ2) is 8.35. The van der Waals surface area contributed by atoms with Crippen molar-refractivity contribution in [2.45, 2.75) is 32.2 Å². The van der Waals surface area contributed by atoms with Crippen molar-refractivity contribution in [2.75, 3.05) is 26.2 Å². The van der Waals surface area contributed by atoms with E-state index in [1.54, 1.807) is 0 Å². The lowest BCUT2D eigenvalue weighted by molar-refractivity contribution is 0.284. The van der Waals surface area contributed by atoms with E-state index >= 15 is 0 Å². The van der Waals surface area contributed by atoms with Crippen LogP contribution in [0.25, 0.3) is 0 Å². The van der Waals surface area contributed by atoms with Crippen LogP contribution in [0, 0.1) is 0 Å². The minimum Gasteiger partial charge on any atom is -0.310 e. The summed E-state index contributed by atoms with van der Waals surface area (Å²) in [6, 6.07) is 2.04. The average molecular weight is 391 g/mol. The third-order valence-electron chi connectivity index (χ3n) is 3.48. The Balaban J connectivity index is 1.68. The molecule has 5 heteroatoms. The summed E-state index contributed by atoms with van der Waals surface area (Å²) in [5.41, 5.74) is 1.07. The summed E-state index contributed by atoms with van der Waals surface area (Å²) < 4.78 is 2.07. The van der Waals surface area contributed by atoms with Gasteiger partial charge in [-0.05, 0) is 63.9 Å². The molecule has 1 N–H and O–H groups in total. The van der Waals surface area contributed by atoms with Crippen LogP contribution in [0.1, 0.15) is 31.4 Å². The Morgan fingerprint density at radius 1 is 1.16 bits per heavy atom. The van der Waals surface area contributed by atoms with Crippen molar-refractivity contribution in [1.82, 2.24) is 15.2 Å². The lowest BCUT2D eigenvalue weighted by atomic mass is 10.2. The van der Waals surface area contributed by atoms with Crippen molar-refractivity contribution in [1.29, 1.82) is 0 Å². The van der Waals surface area contributed by atoms with Crippen molar-refractivity contribution < 1.29 is 0 Å². The van der Waals surface area contributed by atoms with Crippen LogP contribution in [0.3, 0.4) is 0 Å². The Hall–Kier alpha value is 0.0300. The molecule has 1 aliphatic heterocycles. The van der Waals surface area contributed by atoms with Gasteiger partial charge in [-0.2, -0.15) is 0 Å². The maximum absolute atomic E-state index is 4.41. The molecule has 0 spiro atoms. The summed E-state index contributed by atoms with van der Waals surface area (Å²) in [6.07, 6.45) is 7.37. The molecule has 1 fully saturated rings. The van der Waals surface area contributed by atoms with Gasteiger partial charge in [0.1, 0.15) is 0 Å². The number of likely N-dealkylation sites (tertiary alicyclic amines) is 1. The van der Waals surface area contributed by atoms with Crippen LogP contribution >= 0.6 is 31.9 Å². The zero-order valence-electron chi connectivity index (χ0n) is 11.2. The van der Waals surface area contributed by atoms with Gasteiger partial charge in [0.15, 0.2) is 0 Å². The number of nitrogens with one attached hydrogen (secondary N) is 1. The van der Waals surface area contributed by atoms with Crippen LogP contribution in [-0.4, -0.2) is 36.1 Å². The molecule has 0 amide bonds. The van der Waals surface area contributed by atoms with E-state index in [0.717, 1.165) is 34.3 Å². The molecule has 0 aliphatic carbocycles. The quantitative estimate of drug-likeness (QED) is 0.779. The lowest BCUT2D eigenvalue weighted by Crippen LogP contribution is -2.32. The highest BCUT2D eigenvalue weighted by atomic mass is 79.9. The Morgan fingerprint density at radius 3 is 2.58 bits per heavy atom. The molecule has 106 valence electrons. The molecule has 0 atom stereocenters. The first-order chi connectivity index (χ1) is 9.25. The summed E-state index contributed by atoms with van der Waals surface area (Å²) >= 11 is 6.96. The van der Waals surface area contributed by atoms with Crippen LogP contribution < -0.4 is 5.32 Å². The first-order valence-corrected chi connectivity index (χ1v) is 8.57. The Bertz CT molecular complexity index is 390. The van der Waals surface area contributed by atoms with Crippen molar-refractivity contribution >= 4 is 31.9 Å². The molecule has 1 aromatic rings. The Labute approximate surface area is 132 Å². The molecule has 2 rings (SSSR count). The minimum atomic E-state index is 0.821. The van der Waals surface area contributed by atoms with Gasteiger partial charge in [0.05, 0.1) is 5.69 Å². The van der Waals surface area contributed by atoms with E-state index in [4.69, 9.17) is 0 Å². The summed E-state index contributed by atoms with van der Waals surface area (Å²) in [5, 5.41) is 3.48. The minimum absolute atomic E-state index is 0.821. The van der Waals surface area contributed by atoms with E-state index in [1.807, 2.05) is 12.3 Å². The molecular weight excluding hydrogens is 370 g/mol. The van der Waals surface area contributed by atoms with Crippen molar-refractivity contribution in [3.63, 3.8) is 0 Å². The third kappa shape index (κ3) is 5.50. The van der Waals surface area contributed by atoms with Crippen LogP contribution in [0.4, 0.5) is 0 Å². The van der Waals surface area contributed by atoms with E-state index in [9.17, 15) is 0 Å².